The van der Waals surface area contributed by atoms with E-state index in [1.807, 2.05) is 36.9 Å². The van der Waals surface area contributed by atoms with E-state index in [9.17, 15) is 9.18 Å². The van der Waals surface area contributed by atoms with E-state index >= 15 is 0 Å². The van der Waals surface area contributed by atoms with Gasteiger partial charge in [0.05, 0.1) is 0 Å². The van der Waals surface area contributed by atoms with E-state index < -0.39 is 6.10 Å². The van der Waals surface area contributed by atoms with Gasteiger partial charge in [0.1, 0.15) is 11.6 Å². The minimum Gasteiger partial charge on any atom is -0.481 e. The van der Waals surface area contributed by atoms with Crippen LogP contribution in [0.3, 0.4) is 0 Å². The molecule has 0 bridgehead atoms. The molecular formula is C19H20FNO2. The van der Waals surface area contributed by atoms with Gasteiger partial charge in [-0.1, -0.05) is 25.1 Å². The Morgan fingerprint density at radius 1 is 1.26 bits per heavy atom. The average molecular weight is 313 g/mol. The molecule has 2 aromatic carbocycles. The van der Waals surface area contributed by atoms with Gasteiger partial charge in [-0.3, -0.25) is 4.79 Å². The van der Waals surface area contributed by atoms with E-state index in [1.165, 1.54) is 17.7 Å². The van der Waals surface area contributed by atoms with Crippen LogP contribution in [0.1, 0.15) is 25.8 Å². The number of hydrogen-bond acceptors (Lipinski definition) is 2. The second-order valence-corrected chi connectivity index (χ2v) is 5.86. The highest BCUT2D eigenvalue weighted by Gasteiger charge is 2.34. The van der Waals surface area contributed by atoms with Crippen molar-refractivity contribution >= 4 is 11.6 Å². The molecule has 0 aliphatic carbocycles. The highest BCUT2D eigenvalue weighted by Crippen LogP contribution is 2.33. The number of anilines is 1. The summed E-state index contributed by atoms with van der Waals surface area (Å²) in [7, 11) is 0. The van der Waals surface area contributed by atoms with Gasteiger partial charge in [-0.15, -0.1) is 0 Å². The molecule has 1 heterocycles. The fourth-order valence-electron chi connectivity index (χ4n) is 3.04. The minimum atomic E-state index is -0.575. The molecule has 3 rings (SSSR count). The lowest BCUT2D eigenvalue weighted by molar-refractivity contribution is -0.125. The molecule has 0 radical (unpaired) electrons. The number of carbonyl (C=O) groups excluding carboxylic acids is 1. The summed E-state index contributed by atoms with van der Waals surface area (Å²) in [6.45, 7) is 3.96. The first-order chi connectivity index (χ1) is 11.1. The summed E-state index contributed by atoms with van der Waals surface area (Å²) in [6.07, 6.45) is 0.838. The molecule has 1 aliphatic heterocycles. The Hall–Kier alpha value is -2.36. The van der Waals surface area contributed by atoms with Crippen LogP contribution in [-0.4, -0.2) is 18.1 Å². The van der Waals surface area contributed by atoms with E-state index in [-0.39, 0.29) is 17.8 Å². The van der Waals surface area contributed by atoms with E-state index in [1.54, 1.807) is 12.1 Å². The number of hydrogen-bond donors (Lipinski definition) is 0. The summed E-state index contributed by atoms with van der Waals surface area (Å²) < 4.78 is 18.8. The molecule has 0 saturated carbocycles. The monoisotopic (exact) mass is 313 g/mol. The summed E-state index contributed by atoms with van der Waals surface area (Å²) >= 11 is 0. The summed E-state index contributed by atoms with van der Waals surface area (Å²) in [5.41, 5.74) is 2.15. The number of halogens is 1. The number of para-hydroxylation sites is 1. The van der Waals surface area contributed by atoms with Crippen molar-refractivity contribution < 1.29 is 13.9 Å². The predicted molar refractivity (Wildman–Crippen MR) is 88.2 cm³/mol. The largest absolute Gasteiger partial charge is 0.481 e. The Labute approximate surface area is 135 Å². The van der Waals surface area contributed by atoms with E-state index in [4.69, 9.17) is 4.74 Å². The Balaban J connectivity index is 1.81. The number of ether oxygens (including phenoxy) is 1. The van der Waals surface area contributed by atoms with Crippen LogP contribution < -0.4 is 9.64 Å². The van der Waals surface area contributed by atoms with Crippen molar-refractivity contribution in [3.8, 4) is 5.75 Å². The molecule has 1 amide bonds. The van der Waals surface area contributed by atoms with Gasteiger partial charge in [-0.05, 0) is 55.7 Å². The molecule has 0 N–H and O–H groups in total. The second-order valence-electron chi connectivity index (χ2n) is 5.86. The zero-order valence-electron chi connectivity index (χ0n) is 13.3. The average Bonchev–Trinajstić information content (AvgIpc) is 2.89. The lowest BCUT2D eigenvalue weighted by Gasteiger charge is -2.27. The molecule has 0 fully saturated rings. The van der Waals surface area contributed by atoms with Gasteiger partial charge in [0.15, 0.2) is 6.10 Å². The highest BCUT2D eigenvalue weighted by atomic mass is 19.1. The van der Waals surface area contributed by atoms with Gasteiger partial charge in [-0.2, -0.15) is 0 Å². The molecule has 23 heavy (non-hydrogen) atoms. The third-order valence-electron chi connectivity index (χ3n) is 4.18. The smallest absolute Gasteiger partial charge is 0.268 e. The van der Waals surface area contributed by atoms with E-state index in [0.717, 1.165) is 12.1 Å². The third kappa shape index (κ3) is 3.07. The SMILES string of the molecule is CC[C@@H](Oc1ccc(F)cc1)C(=O)N1c2ccccc2C[C@@H]1C. The van der Waals surface area contributed by atoms with Crippen LogP contribution in [0.4, 0.5) is 10.1 Å². The van der Waals surface area contributed by atoms with Crippen molar-refractivity contribution in [1.29, 1.82) is 0 Å². The number of nitrogens with zero attached hydrogens (tertiary/aromatic N) is 1. The van der Waals surface area contributed by atoms with Crippen LogP contribution in [0.5, 0.6) is 5.75 Å². The molecule has 1 aliphatic rings. The number of fused-ring (bicyclic) bond motifs is 1. The molecule has 120 valence electrons. The van der Waals surface area contributed by atoms with Gasteiger partial charge in [-0.25, -0.2) is 4.39 Å². The lowest BCUT2D eigenvalue weighted by Crippen LogP contribution is -2.44. The molecule has 2 aromatic rings. The summed E-state index contributed by atoms with van der Waals surface area (Å²) in [6, 6.07) is 13.8. The van der Waals surface area contributed by atoms with Gasteiger partial charge < -0.3 is 9.64 Å². The minimum absolute atomic E-state index is 0.0470. The van der Waals surface area contributed by atoms with Crippen molar-refractivity contribution in [1.82, 2.24) is 0 Å². The van der Waals surface area contributed by atoms with Crippen molar-refractivity contribution in [2.45, 2.75) is 38.8 Å². The van der Waals surface area contributed by atoms with Crippen LogP contribution in [0.25, 0.3) is 0 Å². The maximum absolute atomic E-state index is 13.0. The first kappa shape index (κ1) is 15.5. The molecule has 4 heteroatoms. The zero-order valence-corrected chi connectivity index (χ0v) is 13.3. The quantitative estimate of drug-likeness (QED) is 0.855. The van der Waals surface area contributed by atoms with Crippen LogP contribution in [-0.2, 0) is 11.2 Å². The lowest BCUT2D eigenvalue weighted by atomic mass is 10.1. The topological polar surface area (TPSA) is 29.5 Å². The third-order valence-corrected chi connectivity index (χ3v) is 4.18. The fourth-order valence-corrected chi connectivity index (χ4v) is 3.04. The number of rotatable bonds is 4. The normalized spacial score (nSPS) is 17.7. The highest BCUT2D eigenvalue weighted by molar-refractivity contribution is 5.99. The molecular weight excluding hydrogens is 293 g/mol. The Morgan fingerprint density at radius 3 is 2.65 bits per heavy atom. The Bertz CT molecular complexity index is 699. The number of carbonyl (C=O) groups is 1. The first-order valence-electron chi connectivity index (χ1n) is 7.93. The Morgan fingerprint density at radius 2 is 1.96 bits per heavy atom. The van der Waals surface area contributed by atoms with Gasteiger partial charge in [0, 0.05) is 11.7 Å². The zero-order chi connectivity index (χ0) is 16.4. The van der Waals surface area contributed by atoms with Crippen molar-refractivity contribution in [2.75, 3.05) is 4.90 Å². The fraction of sp³-hybridized carbons (Fsp3) is 0.316. The number of benzene rings is 2. The Kier molecular flexibility index (Phi) is 4.33. The van der Waals surface area contributed by atoms with Crippen LogP contribution >= 0.6 is 0 Å². The molecule has 0 saturated heterocycles. The molecule has 2 atom stereocenters. The number of amides is 1. The summed E-state index contributed by atoms with van der Waals surface area (Å²) in [5, 5.41) is 0. The standard InChI is InChI=1S/C19H20FNO2/c1-3-18(23-16-10-8-15(20)9-11-16)19(22)21-13(2)12-14-6-4-5-7-17(14)21/h4-11,13,18H,3,12H2,1-2H3/t13-,18+/m0/s1. The van der Waals surface area contributed by atoms with Crippen LogP contribution in [0.15, 0.2) is 48.5 Å². The summed E-state index contributed by atoms with van der Waals surface area (Å²) in [4.78, 5) is 14.8. The van der Waals surface area contributed by atoms with E-state index in [0.29, 0.717) is 12.2 Å². The molecule has 3 nitrogen and oxygen atoms in total. The van der Waals surface area contributed by atoms with Crippen molar-refractivity contribution in [3.63, 3.8) is 0 Å². The van der Waals surface area contributed by atoms with E-state index in [2.05, 4.69) is 6.07 Å². The molecule has 0 spiro atoms. The first-order valence-corrected chi connectivity index (χ1v) is 7.93. The summed E-state index contributed by atoms with van der Waals surface area (Å²) in [5.74, 6) is 0.139. The van der Waals surface area contributed by atoms with Gasteiger partial charge >= 0.3 is 0 Å². The van der Waals surface area contributed by atoms with Crippen LogP contribution in [0, 0.1) is 5.82 Å². The maximum Gasteiger partial charge on any atom is 0.268 e. The van der Waals surface area contributed by atoms with Gasteiger partial charge in [0.2, 0.25) is 0 Å². The molecule has 0 aromatic heterocycles. The van der Waals surface area contributed by atoms with Crippen LogP contribution in [0.2, 0.25) is 0 Å². The predicted octanol–water partition coefficient (Wildman–Crippen LogP) is 3.96. The van der Waals surface area contributed by atoms with Crippen molar-refractivity contribution in [2.24, 2.45) is 0 Å². The van der Waals surface area contributed by atoms with Crippen molar-refractivity contribution in [3.05, 3.63) is 59.9 Å². The second kappa shape index (κ2) is 6.41. The van der Waals surface area contributed by atoms with Gasteiger partial charge in [0.25, 0.3) is 5.91 Å². The maximum atomic E-state index is 13.0. The molecule has 0 unspecified atom stereocenters.